The van der Waals surface area contributed by atoms with Crippen LogP contribution in [-0.2, 0) is 11.2 Å². The lowest BCUT2D eigenvalue weighted by Crippen LogP contribution is -2.19. The molecular formula is C12H16N2O. The van der Waals surface area contributed by atoms with Gasteiger partial charge < -0.3 is 10.6 Å². The molecule has 0 saturated heterocycles. The average molecular weight is 204 g/mol. The molecule has 1 amide bonds. The largest absolute Gasteiger partial charge is 0.382 e. The Kier molecular flexibility index (Phi) is 2.90. The molecule has 3 nitrogen and oxygen atoms in total. The van der Waals surface area contributed by atoms with E-state index >= 15 is 0 Å². The highest BCUT2D eigenvalue weighted by atomic mass is 16.1. The summed E-state index contributed by atoms with van der Waals surface area (Å²) in [5.74, 6) is 0.0536. The number of hydrogen-bond acceptors (Lipinski definition) is 2. The topological polar surface area (TPSA) is 41.1 Å². The third-order valence-electron chi connectivity index (χ3n) is 2.55. The average Bonchev–Trinajstić information content (AvgIpc) is 3.05. The van der Waals surface area contributed by atoms with E-state index in [0.29, 0.717) is 12.5 Å². The summed E-state index contributed by atoms with van der Waals surface area (Å²) in [5.41, 5.74) is 2.20. The number of anilines is 1. The summed E-state index contributed by atoms with van der Waals surface area (Å²) in [6.45, 7) is 0. The molecule has 1 aromatic carbocycles. The standard InChI is InChI=1S/C12H16N2O/c1-13-12(15)8-9-2-4-10(5-3-9)14-11-6-7-11/h2-5,11,14H,6-8H2,1H3,(H,13,15). The third kappa shape index (κ3) is 2.98. The van der Waals surface area contributed by atoms with E-state index < -0.39 is 0 Å². The number of hydrogen-bond donors (Lipinski definition) is 2. The Morgan fingerprint density at radius 1 is 1.33 bits per heavy atom. The summed E-state index contributed by atoms with van der Waals surface area (Å²) in [5, 5.41) is 6.03. The van der Waals surface area contributed by atoms with Gasteiger partial charge in [-0.3, -0.25) is 4.79 Å². The molecule has 0 spiro atoms. The summed E-state index contributed by atoms with van der Waals surface area (Å²) in [7, 11) is 1.66. The van der Waals surface area contributed by atoms with Crippen LogP contribution in [-0.4, -0.2) is 19.0 Å². The first-order valence-electron chi connectivity index (χ1n) is 5.34. The number of carbonyl (C=O) groups excluding carboxylic acids is 1. The van der Waals surface area contributed by atoms with E-state index in [1.165, 1.54) is 12.8 Å². The fourth-order valence-corrected chi connectivity index (χ4v) is 1.46. The number of amides is 1. The molecule has 15 heavy (non-hydrogen) atoms. The van der Waals surface area contributed by atoms with Gasteiger partial charge in [-0.2, -0.15) is 0 Å². The van der Waals surface area contributed by atoms with Crippen molar-refractivity contribution in [2.45, 2.75) is 25.3 Å². The van der Waals surface area contributed by atoms with Gasteiger partial charge in [-0.15, -0.1) is 0 Å². The Morgan fingerprint density at radius 3 is 2.53 bits per heavy atom. The van der Waals surface area contributed by atoms with Gasteiger partial charge in [-0.1, -0.05) is 12.1 Å². The Hall–Kier alpha value is -1.51. The quantitative estimate of drug-likeness (QED) is 0.781. The fraction of sp³-hybridized carbons (Fsp3) is 0.417. The van der Waals surface area contributed by atoms with E-state index in [-0.39, 0.29) is 5.91 Å². The molecule has 0 unspecified atom stereocenters. The molecule has 1 fully saturated rings. The van der Waals surface area contributed by atoms with E-state index in [9.17, 15) is 4.79 Å². The van der Waals surface area contributed by atoms with Crippen LogP contribution in [0.25, 0.3) is 0 Å². The minimum atomic E-state index is 0.0536. The molecule has 0 radical (unpaired) electrons. The summed E-state index contributed by atoms with van der Waals surface area (Å²) in [6, 6.07) is 8.75. The van der Waals surface area contributed by atoms with Gasteiger partial charge in [-0.05, 0) is 30.5 Å². The van der Waals surface area contributed by atoms with Crippen LogP contribution in [0.2, 0.25) is 0 Å². The summed E-state index contributed by atoms with van der Waals surface area (Å²) in [4.78, 5) is 11.1. The van der Waals surface area contributed by atoms with Gasteiger partial charge in [0.25, 0.3) is 0 Å². The number of benzene rings is 1. The molecule has 2 N–H and O–H groups in total. The molecule has 2 rings (SSSR count). The van der Waals surface area contributed by atoms with Gasteiger partial charge in [0.1, 0.15) is 0 Å². The maximum absolute atomic E-state index is 11.1. The maximum atomic E-state index is 11.1. The van der Waals surface area contributed by atoms with Crippen molar-refractivity contribution in [2.75, 3.05) is 12.4 Å². The Bertz CT molecular complexity index is 341. The molecule has 1 saturated carbocycles. The lowest BCUT2D eigenvalue weighted by atomic mass is 10.1. The fourth-order valence-electron chi connectivity index (χ4n) is 1.46. The van der Waals surface area contributed by atoms with E-state index in [0.717, 1.165) is 11.3 Å². The molecule has 0 atom stereocenters. The first-order valence-corrected chi connectivity index (χ1v) is 5.34. The van der Waals surface area contributed by atoms with Crippen molar-refractivity contribution in [2.24, 2.45) is 0 Å². The second kappa shape index (κ2) is 4.34. The molecular weight excluding hydrogens is 188 g/mol. The number of nitrogens with one attached hydrogen (secondary N) is 2. The van der Waals surface area contributed by atoms with E-state index in [1.807, 2.05) is 24.3 Å². The van der Waals surface area contributed by atoms with Gasteiger partial charge in [0.2, 0.25) is 5.91 Å². The van der Waals surface area contributed by atoms with Crippen LogP contribution >= 0.6 is 0 Å². The molecule has 0 aliphatic heterocycles. The second-order valence-corrected chi connectivity index (χ2v) is 3.97. The summed E-state index contributed by atoms with van der Waals surface area (Å²) < 4.78 is 0. The van der Waals surface area contributed by atoms with Crippen molar-refractivity contribution in [3.8, 4) is 0 Å². The lowest BCUT2D eigenvalue weighted by molar-refractivity contribution is -0.119. The highest BCUT2D eigenvalue weighted by Gasteiger charge is 2.20. The van der Waals surface area contributed by atoms with E-state index in [4.69, 9.17) is 0 Å². The Morgan fingerprint density at radius 2 is 2.00 bits per heavy atom. The molecule has 80 valence electrons. The molecule has 1 aromatic rings. The normalized spacial score (nSPS) is 14.7. The van der Waals surface area contributed by atoms with Gasteiger partial charge in [0, 0.05) is 18.8 Å². The molecule has 0 aromatic heterocycles. The van der Waals surface area contributed by atoms with Crippen LogP contribution in [0.5, 0.6) is 0 Å². The van der Waals surface area contributed by atoms with Gasteiger partial charge in [0.15, 0.2) is 0 Å². The SMILES string of the molecule is CNC(=O)Cc1ccc(NC2CC2)cc1. The van der Waals surface area contributed by atoms with Crippen LogP contribution in [0.15, 0.2) is 24.3 Å². The van der Waals surface area contributed by atoms with Crippen molar-refractivity contribution in [3.63, 3.8) is 0 Å². The minimum absolute atomic E-state index is 0.0536. The van der Waals surface area contributed by atoms with Crippen LogP contribution in [0.1, 0.15) is 18.4 Å². The lowest BCUT2D eigenvalue weighted by Gasteiger charge is -2.05. The molecule has 0 heterocycles. The van der Waals surface area contributed by atoms with Crippen LogP contribution in [0, 0.1) is 0 Å². The van der Waals surface area contributed by atoms with Crippen LogP contribution in [0.4, 0.5) is 5.69 Å². The Balaban J connectivity index is 1.93. The monoisotopic (exact) mass is 204 g/mol. The smallest absolute Gasteiger partial charge is 0.224 e. The van der Waals surface area contributed by atoms with Crippen LogP contribution in [0.3, 0.4) is 0 Å². The first kappa shape index (κ1) is 10.0. The van der Waals surface area contributed by atoms with Crippen molar-refractivity contribution >= 4 is 11.6 Å². The van der Waals surface area contributed by atoms with E-state index in [1.54, 1.807) is 7.05 Å². The minimum Gasteiger partial charge on any atom is -0.382 e. The van der Waals surface area contributed by atoms with Gasteiger partial charge in [0.05, 0.1) is 6.42 Å². The number of rotatable bonds is 4. The molecule has 3 heteroatoms. The molecule has 1 aliphatic carbocycles. The zero-order valence-electron chi connectivity index (χ0n) is 8.92. The van der Waals surface area contributed by atoms with Crippen molar-refractivity contribution < 1.29 is 4.79 Å². The van der Waals surface area contributed by atoms with E-state index in [2.05, 4.69) is 10.6 Å². The van der Waals surface area contributed by atoms with Gasteiger partial charge >= 0.3 is 0 Å². The van der Waals surface area contributed by atoms with Crippen molar-refractivity contribution in [3.05, 3.63) is 29.8 Å². The summed E-state index contributed by atoms with van der Waals surface area (Å²) in [6.07, 6.45) is 3.01. The highest BCUT2D eigenvalue weighted by Crippen LogP contribution is 2.24. The van der Waals surface area contributed by atoms with Crippen molar-refractivity contribution in [1.82, 2.24) is 5.32 Å². The molecule has 1 aliphatic rings. The number of likely N-dealkylation sites (N-methyl/N-ethyl adjacent to an activating group) is 1. The zero-order valence-corrected chi connectivity index (χ0v) is 8.92. The predicted octanol–water partition coefficient (Wildman–Crippen LogP) is 1.55. The van der Waals surface area contributed by atoms with Crippen molar-refractivity contribution in [1.29, 1.82) is 0 Å². The number of carbonyl (C=O) groups is 1. The van der Waals surface area contributed by atoms with Gasteiger partial charge in [-0.25, -0.2) is 0 Å². The maximum Gasteiger partial charge on any atom is 0.224 e. The third-order valence-corrected chi connectivity index (χ3v) is 2.55. The second-order valence-electron chi connectivity index (χ2n) is 3.97. The van der Waals surface area contributed by atoms with Crippen LogP contribution < -0.4 is 10.6 Å². The predicted molar refractivity (Wildman–Crippen MR) is 60.9 cm³/mol. The zero-order chi connectivity index (χ0) is 10.7. The summed E-state index contributed by atoms with van der Waals surface area (Å²) >= 11 is 0. The highest BCUT2D eigenvalue weighted by molar-refractivity contribution is 5.78. The molecule has 0 bridgehead atoms. The first-order chi connectivity index (χ1) is 7.28. The Labute approximate surface area is 89.9 Å².